The molecule has 1 atom stereocenters. The summed E-state index contributed by atoms with van der Waals surface area (Å²) >= 11 is 11.8. The van der Waals surface area contributed by atoms with E-state index < -0.39 is 22.1 Å². The van der Waals surface area contributed by atoms with Gasteiger partial charge >= 0.3 is 5.97 Å². The Kier molecular flexibility index (Phi) is 4.04. The lowest BCUT2D eigenvalue weighted by Crippen LogP contribution is -2.28. The number of nitrogens with zero attached hydrogens (tertiary/aromatic N) is 1. The number of carbonyl (C=O) groups is 3. The number of ether oxygens (including phenoxy) is 1. The van der Waals surface area contributed by atoms with Crippen LogP contribution in [0.3, 0.4) is 0 Å². The van der Waals surface area contributed by atoms with Crippen LogP contribution < -0.4 is 0 Å². The van der Waals surface area contributed by atoms with Crippen LogP contribution in [-0.4, -0.2) is 33.6 Å². The molecule has 2 aliphatic rings. The standard InChI is InChI=1S/C18H13Cl2NO5/c19-18(20)7-11(18)9-26-17(24)10-3-4-13-14(6-10)16(23)21(15(13)22)8-12-2-1-5-25-12/h1-6,11H,7-9H2/t11-/m0/s1. The van der Waals surface area contributed by atoms with Gasteiger partial charge in [-0.3, -0.25) is 14.5 Å². The number of furan rings is 1. The first kappa shape index (κ1) is 17.1. The highest BCUT2D eigenvalue weighted by atomic mass is 35.5. The number of halogens is 2. The number of amides is 2. The van der Waals surface area contributed by atoms with Gasteiger partial charge in [-0.15, -0.1) is 23.2 Å². The van der Waals surface area contributed by atoms with Gasteiger partial charge in [-0.25, -0.2) is 4.79 Å². The van der Waals surface area contributed by atoms with Crippen molar-refractivity contribution in [3.63, 3.8) is 0 Å². The van der Waals surface area contributed by atoms with Crippen LogP contribution >= 0.6 is 23.2 Å². The summed E-state index contributed by atoms with van der Waals surface area (Å²) in [6, 6.07) is 7.65. The van der Waals surface area contributed by atoms with Crippen LogP contribution in [0.5, 0.6) is 0 Å². The molecule has 1 aromatic carbocycles. The van der Waals surface area contributed by atoms with E-state index in [1.54, 1.807) is 12.1 Å². The predicted molar refractivity (Wildman–Crippen MR) is 92.2 cm³/mol. The Morgan fingerprint density at radius 2 is 1.96 bits per heavy atom. The zero-order chi connectivity index (χ0) is 18.5. The van der Waals surface area contributed by atoms with E-state index in [1.807, 2.05) is 0 Å². The van der Waals surface area contributed by atoms with Crippen LogP contribution in [0.1, 0.15) is 43.3 Å². The van der Waals surface area contributed by atoms with Gasteiger partial charge in [0, 0.05) is 5.92 Å². The monoisotopic (exact) mass is 393 g/mol. The third kappa shape index (κ3) is 2.99. The summed E-state index contributed by atoms with van der Waals surface area (Å²) in [7, 11) is 0. The number of hydrogen-bond acceptors (Lipinski definition) is 5. The largest absolute Gasteiger partial charge is 0.467 e. The lowest BCUT2D eigenvalue weighted by atomic mass is 10.1. The maximum Gasteiger partial charge on any atom is 0.338 e. The lowest BCUT2D eigenvalue weighted by molar-refractivity contribution is 0.0485. The van der Waals surface area contributed by atoms with Crippen LogP contribution in [0.25, 0.3) is 0 Å². The molecule has 0 N–H and O–H groups in total. The van der Waals surface area contributed by atoms with Gasteiger partial charge in [-0.1, -0.05) is 0 Å². The highest BCUT2D eigenvalue weighted by Gasteiger charge is 2.52. The number of esters is 1. The van der Waals surface area contributed by atoms with Crippen LogP contribution in [-0.2, 0) is 11.3 Å². The Hall–Kier alpha value is -2.31. The minimum Gasteiger partial charge on any atom is -0.467 e. The third-order valence-corrected chi connectivity index (χ3v) is 5.40. The summed E-state index contributed by atoms with van der Waals surface area (Å²) in [5.74, 6) is -1.08. The second-order valence-electron chi connectivity index (χ2n) is 6.30. The van der Waals surface area contributed by atoms with E-state index in [0.29, 0.717) is 12.2 Å². The molecule has 1 aliphatic carbocycles. The van der Waals surface area contributed by atoms with Crippen molar-refractivity contribution < 1.29 is 23.5 Å². The summed E-state index contributed by atoms with van der Waals surface area (Å²) < 4.78 is 9.55. The molecule has 2 aromatic rings. The molecule has 0 saturated heterocycles. The molecule has 2 amide bonds. The van der Waals surface area contributed by atoms with E-state index in [9.17, 15) is 14.4 Å². The van der Waals surface area contributed by atoms with Gasteiger partial charge in [0.25, 0.3) is 11.8 Å². The number of rotatable bonds is 5. The first-order chi connectivity index (χ1) is 12.4. The molecule has 1 aromatic heterocycles. The topological polar surface area (TPSA) is 76.8 Å². The van der Waals surface area contributed by atoms with Gasteiger partial charge in [0.15, 0.2) is 0 Å². The summed E-state index contributed by atoms with van der Waals surface area (Å²) in [5.41, 5.74) is 0.618. The highest BCUT2D eigenvalue weighted by molar-refractivity contribution is 6.50. The van der Waals surface area contributed by atoms with Gasteiger partial charge in [0.2, 0.25) is 0 Å². The van der Waals surface area contributed by atoms with Gasteiger partial charge in [-0.05, 0) is 36.8 Å². The predicted octanol–water partition coefficient (Wildman–Crippen LogP) is 3.43. The number of benzene rings is 1. The summed E-state index contributed by atoms with van der Waals surface area (Å²) in [5, 5.41) is 0. The van der Waals surface area contributed by atoms with Gasteiger partial charge < -0.3 is 9.15 Å². The maximum absolute atomic E-state index is 12.5. The van der Waals surface area contributed by atoms with Crippen LogP contribution in [0, 0.1) is 5.92 Å². The highest BCUT2D eigenvalue weighted by Crippen LogP contribution is 2.53. The van der Waals surface area contributed by atoms with E-state index in [0.717, 1.165) is 4.90 Å². The quantitative estimate of drug-likeness (QED) is 0.441. The van der Waals surface area contributed by atoms with E-state index in [-0.39, 0.29) is 35.8 Å². The van der Waals surface area contributed by atoms with Crippen molar-refractivity contribution in [2.45, 2.75) is 17.3 Å². The van der Waals surface area contributed by atoms with Gasteiger partial charge in [0.1, 0.15) is 10.1 Å². The van der Waals surface area contributed by atoms with Gasteiger partial charge in [0.05, 0.1) is 36.1 Å². The normalized spacial score (nSPS) is 20.2. The lowest BCUT2D eigenvalue weighted by Gasteiger charge is -2.11. The summed E-state index contributed by atoms with van der Waals surface area (Å²) in [6.07, 6.45) is 2.04. The Morgan fingerprint density at radius 3 is 2.62 bits per heavy atom. The molecule has 6 nitrogen and oxygen atoms in total. The zero-order valence-electron chi connectivity index (χ0n) is 13.4. The fraction of sp³-hybridized carbons (Fsp3) is 0.278. The van der Waals surface area contributed by atoms with Gasteiger partial charge in [-0.2, -0.15) is 0 Å². The Balaban J connectivity index is 1.49. The number of alkyl halides is 2. The van der Waals surface area contributed by atoms with Crippen molar-refractivity contribution in [2.24, 2.45) is 5.92 Å². The minimum atomic E-state index is -0.826. The molecule has 0 bridgehead atoms. The molecule has 8 heteroatoms. The smallest absolute Gasteiger partial charge is 0.338 e. The SMILES string of the molecule is O=C(OC[C@@H]1CC1(Cl)Cl)c1ccc2c(c1)C(=O)N(Cc1ccco1)C2=O. The zero-order valence-corrected chi connectivity index (χ0v) is 14.9. The number of hydrogen-bond donors (Lipinski definition) is 0. The Labute approximate surface area is 158 Å². The second kappa shape index (κ2) is 6.14. The summed E-state index contributed by atoms with van der Waals surface area (Å²) in [6.45, 7) is 0.148. The second-order valence-corrected chi connectivity index (χ2v) is 7.84. The van der Waals surface area contributed by atoms with E-state index in [2.05, 4.69) is 0 Å². The Bertz CT molecular complexity index is 906. The van der Waals surface area contributed by atoms with E-state index >= 15 is 0 Å². The van der Waals surface area contributed by atoms with Crippen molar-refractivity contribution in [1.82, 2.24) is 4.90 Å². The average Bonchev–Trinajstić information content (AvgIpc) is 2.96. The molecule has 0 spiro atoms. The van der Waals surface area contributed by atoms with Crippen molar-refractivity contribution in [2.75, 3.05) is 6.61 Å². The molecule has 0 unspecified atom stereocenters. The van der Waals surface area contributed by atoms with Crippen molar-refractivity contribution in [1.29, 1.82) is 0 Å². The van der Waals surface area contributed by atoms with Crippen molar-refractivity contribution in [3.8, 4) is 0 Å². The van der Waals surface area contributed by atoms with Crippen LogP contribution in [0.15, 0.2) is 41.0 Å². The van der Waals surface area contributed by atoms with E-state index in [4.69, 9.17) is 32.4 Å². The number of fused-ring (bicyclic) bond motifs is 1. The molecule has 4 rings (SSSR count). The first-order valence-electron chi connectivity index (χ1n) is 7.94. The molecular formula is C18H13Cl2NO5. The molecule has 1 fully saturated rings. The number of imide groups is 1. The molecule has 1 saturated carbocycles. The van der Waals surface area contributed by atoms with Crippen LogP contribution in [0.2, 0.25) is 0 Å². The first-order valence-corrected chi connectivity index (χ1v) is 8.70. The third-order valence-electron chi connectivity index (χ3n) is 4.47. The fourth-order valence-corrected chi connectivity index (χ4v) is 3.33. The van der Waals surface area contributed by atoms with Crippen molar-refractivity contribution in [3.05, 3.63) is 59.0 Å². The maximum atomic E-state index is 12.5. The molecule has 134 valence electrons. The minimum absolute atomic E-state index is 0.0360. The average molecular weight is 394 g/mol. The van der Waals surface area contributed by atoms with E-state index in [1.165, 1.54) is 24.5 Å². The molecule has 2 heterocycles. The fourth-order valence-electron chi connectivity index (χ4n) is 2.83. The summed E-state index contributed by atoms with van der Waals surface area (Å²) in [4.78, 5) is 38.2. The molecular weight excluding hydrogens is 381 g/mol. The molecule has 26 heavy (non-hydrogen) atoms. The molecule has 1 aliphatic heterocycles. The van der Waals surface area contributed by atoms with Crippen LogP contribution in [0.4, 0.5) is 0 Å². The Morgan fingerprint density at radius 1 is 1.23 bits per heavy atom. The van der Waals surface area contributed by atoms with Crippen molar-refractivity contribution >= 4 is 41.0 Å². The number of carbonyl (C=O) groups excluding carboxylic acids is 3. The molecule has 0 radical (unpaired) electrons.